The lowest BCUT2D eigenvalue weighted by atomic mass is 10.1. The van der Waals surface area contributed by atoms with Crippen LogP contribution < -0.4 is 5.32 Å². The number of hydrogen-bond acceptors (Lipinski definition) is 2. The van der Waals surface area contributed by atoms with Crippen LogP contribution >= 0.6 is 0 Å². The predicted molar refractivity (Wildman–Crippen MR) is 67.8 cm³/mol. The van der Waals surface area contributed by atoms with E-state index in [2.05, 4.69) is 29.4 Å². The first kappa shape index (κ1) is 11.5. The van der Waals surface area contributed by atoms with Gasteiger partial charge in [0, 0.05) is 17.3 Å². The van der Waals surface area contributed by atoms with Crippen molar-refractivity contribution in [3.8, 4) is 0 Å². The van der Waals surface area contributed by atoms with E-state index in [0.717, 1.165) is 12.2 Å². The molecule has 1 fully saturated rings. The third kappa shape index (κ3) is 2.57. The first-order valence-electron chi connectivity index (χ1n) is 6.61. The number of nitrogens with zero attached hydrogens (tertiary/aromatic N) is 1. The molecule has 1 aliphatic carbocycles. The Balaban J connectivity index is 1.99. The van der Waals surface area contributed by atoms with Crippen LogP contribution in [0.15, 0.2) is 0 Å². The Bertz CT molecular complexity index is 322. The van der Waals surface area contributed by atoms with Crippen LogP contribution in [-0.4, -0.2) is 16.2 Å². The average molecular weight is 221 g/mol. The molecule has 0 unspecified atom stereocenters. The molecule has 0 aliphatic heterocycles. The number of aryl methyl sites for hydroxylation is 1. The van der Waals surface area contributed by atoms with Crippen LogP contribution in [0.2, 0.25) is 0 Å². The van der Waals surface area contributed by atoms with Crippen molar-refractivity contribution in [1.29, 1.82) is 0 Å². The van der Waals surface area contributed by atoms with E-state index in [4.69, 9.17) is 0 Å². The molecule has 0 spiro atoms. The van der Waals surface area contributed by atoms with Gasteiger partial charge >= 0.3 is 0 Å². The summed E-state index contributed by atoms with van der Waals surface area (Å²) in [6.07, 6.45) is 9.16. The van der Waals surface area contributed by atoms with Gasteiger partial charge in [-0.25, -0.2) is 0 Å². The fraction of sp³-hybridized carbons (Fsp3) is 0.769. The van der Waals surface area contributed by atoms with Gasteiger partial charge in [0.15, 0.2) is 5.82 Å². The smallest absolute Gasteiger partial charge is 0.151 e. The van der Waals surface area contributed by atoms with Crippen molar-refractivity contribution in [2.24, 2.45) is 0 Å². The molecular weight excluding hydrogens is 198 g/mol. The van der Waals surface area contributed by atoms with Crippen molar-refractivity contribution >= 4 is 5.82 Å². The van der Waals surface area contributed by atoms with E-state index >= 15 is 0 Å². The average Bonchev–Trinajstić information content (AvgIpc) is 2.52. The topological polar surface area (TPSA) is 40.7 Å². The number of anilines is 1. The zero-order valence-electron chi connectivity index (χ0n) is 10.5. The largest absolute Gasteiger partial charge is 0.366 e. The Labute approximate surface area is 98.0 Å². The second kappa shape index (κ2) is 5.37. The van der Waals surface area contributed by atoms with E-state index < -0.39 is 0 Å². The molecule has 3 heteroatoms. The van der Waals surface area contributed by atoms with Crippen LogP contribution in [0.25, 0.3) is 0 Å². The normalized spacial score (nSPS) is 18.4. The van der Waals surface area contributed by atoms with Crippen molar-refractivity contribution in [2.75, 3.05) is 5.32 Å². The first-order valence-corrected chi connectivity index (χ1v) is 6.61. The Hall–Kier alpha value is -0.990. The molecule has 1 heterocycles. The minimum atomic E-state index is 0.634. The van der Waals surface area contributed by atoms with Gasteiger partial charge in [-0.2, -0.15) is 5.10 Å². The lowest BCUT2D eigenvalue weighted by molar-refractivity contribution is 0.617. The van der Waals surface area contributed by atoms with Gasteiger partial charge < -0.3 is 5.32 Å². The lowest BCUT2D eigenvalue weighted by Gasteiger charge is -2.16. The molecule has 0 amide bonds. The van der Waals surface area contributed by atoms with Crippen LogP contribution in [0.1, 0.15) is 56.7 Å². The maximum Gasteiger partial charge on any atom is 0.151 e. The summed E-state index contributed by atoms with van der Waals surface area (Å²) in [5.41, 5.74) is 2.56. The minimum Gasteiger partial charge on any atom is -0.366 e. The lowest BCUT2D eigenvalue weighted by Crippen LogP contribution is -2.19. The zero-order valence-corrected chi connectivity index (χ0v) is 10.5. The van der Waals surface area contributed by atoms with Gasteiger partial charge in [-0.1, -0.05) is 32.6 Å². The van der Waals surface area contributed by atoms with Gasteiger partial charge in [0.25, 0.3) is 0 Å². The monoisotopic (exact) mass is 221 g/mol. The van der Waals surface area contributed by atoms with Crippen LogP contribution in [0, 0.1) is 6.92 Å². The highest BCUT2D eigenvalue weighted by molar-refractivity contribution is 5.46. The van der Waals surface area contributed by atoms with Crippen molar-refractivity contribution in [3.05, 3.63) is 11.3 Å². The molecule has 0 radical (unpaired) electrons. The second-order valence-corrected chi connectivity index (χ2v) is 4.86. The summed E-state index contributed by atoms with van der Waals surface area (Å²) < 4.78 is 0. The summed E-state index contributed by atoms with van der Waals surface area (Å²) in [7, 11) is 0. The van der Waals surface area contributed by atoms with Crippen LogP contribution in [0.4, 0.5) is 5.82 Å². The fourth-order valence-corrected chi connectivity index (χ4v) is 2.54. The van der Waals surface area contributed by atoms with Crippen molar-refractivity contribution in [1.82, 2.24) is 10.2 Å². The van der Waals surface area contributed by atoms with E-state index in [1.54, 1.807) is 0 Å². The Morgan fingerprint density at radius 2 is 1.94 bits per heavy atom. The number of hydrogen-bond donors (Lipinski definition) is 2. The van der Waals surface area contributed by atoms with E-state index in [9.17, 15) is 0 Å². The standard InChI is InChI=1S/C13H23N3/c1-3-12-10(2)13(16-15-12)14-11-8-6-4-5-7-9-11/h11H,3-9H2,1-2H3,(H2,14,15,16). The van der Waals surface area contributed by atoms with Gasteiger partial charge in [-0.15, -0.1) is 0 Å². The van der Waals surface area contributed by atoms with Gasteiger partial charge in [0.2, 0.25) is 0 Å². The van der Waals surface area contributed by atoms with Gasteiger partial charge in [-0.05, 0) is 26.2 Å². The highest BCUT2D eigenvalue weighted by atomic mass is 15.2. The Morgan fingerprint density at radius 3 is 2.50 bits per heavy atom. The third-order valence-corrected chi connectivity index (χ3v) is 3.66. The highest BCUT2D eigenvalue weighted by Crippen LogP contribution is 2.23. The zero-order chi connectivity index (χ0) is 11.4. The molecule has 16 heavy (non-hydrogen) atoms. The molecule has 0 atom stereocenters. The Kier molecular flexibility index (Phi) is 3.86. The Morgan fingerprint density at radius 1 is 1.25 bits per heavy atom. The number of rotatable bonds is 3. The number of nitrogens with one attached hydrogen (secondary N) is 2. The molecule has 1 aromatic heterocycles. The number of aromatic nitrogens is 2. The SMILES string of the molecule is CCc1[nH]nc(NC2CCCCCC2)c1C. The molecule has 0 bridgehead atoms. The van der Waals surface area contributed by atoms with E-state index in [1.165, 1.54) is 49.8 Å². The molecule has 1 aromatic rings. The van der Waals surface area contributed by atoms with Crippen LogP contribution in [0.3, 0.4) is 0 Å². The first-order chi connectivity index (χ1) is 7.81. The van der Waals surface area contributed by atoms with Gasteiger partial charge in [0.1, 0.15) is 0 Å². The summed E-state index contributed by atoms with van der Waals surface area (Å²) >= 11 is 0. The molecule has 0 saturated heterocycles. The molecule has 2 rings (SSSR count). The van der Waals surface area contributed by atoms with E-state index in [1.807, 2.05) is 0 Å². The quantitative estimate of drug-likeness (QED) is 0.768. The third-order valence-electron chi connectivity index (χ3n) is 3.66. The minimum absolute atomic E-state index is 0.634. The molecule has 0 aromatic carbocycles. The summed E-state index contributed by atoms with van der Waals surface area (Å²) in [4.78, 5) is 0. The predicted octanol–water partition coefficient (Wildman–Crippen LogP) is 3.42. The molecular formula is C13H23N3. The molecule has 3 nitrogen and oxygen atoms in total. The summed E-state index contributed by atoms with van der Waals surface area (Å²) in [6.45, 7) is 4.32. The van der Waals surface area contributed by atoms with Gasteiger partial charge in [0.05, 0.1) is 0 Å². The van der Waals surface area contributed by atoms with E-state index in [0.29, 0.717) is 6.04 Å². The second-order valence-electron chi connectivity index (χ2n) is 4.86. The molecule has 90 valence electrons. The number of H-pyrrole nitrogens is 1. The van der Waals surface area contributed by atoms with Crippen LogP contribution in [0.5, 0.6) is 0 Å². The molecule has 1 aliphatic rings. The van der Waals surface area contributed by atoms with Gasteiger partial charge in [-0.3, -0.25) is 5.10 Å². The summed E-state index contributed by atoms with van der Waals surface area (Å²) in [5, 5.41) is 11.1. The molecule has 1 saturated carbocycles. The number of aromatic amines is 1. The highest BCUT2D eigenvalue weighted by Gasteiger charge is 2.15. The van der Waals surface area contributed by atoms with Crippen LogP contribution in [-0.2, 0) is 6.42 Å². The maximum absolute atomic E-state index is 4.38. The van der Waals surface area contributed by atoms with Crippen molar-refractivity contribution in [3.63, 3.8) is 0 Å². The van der Waals surface area contributed by atoms with Crippen molar-refractivity contribution < 1.29 is 0 Å². The van der Waals surface area contributed by atoms with Crippen molar-refractivity contribution in [2.45, 2.75) is 64.8 Å². The summed E-state index contributed by atoms with van der Waals surface area (Å²) in [5.74, 6) is 1.07. The maximum atomic E-state index is 4.38. The summed E-state index contributed by atoms with van der Waals surface area (Å²) in [6, 6.07) is 0.634. The fourth-order valence-electron chi connectivity index (χ4n) is 2.54. The van der Waals surface area contributed by atoms with E-state index in [-0.39, 0.29) is 0 Å². The molecule has 2 N–H and O–H groups in total.